The maximum absolute atomic E-state index is 11.3. The summed E-state index contributed by atoms with van der Waals surface area (Å²) in [7, 11) is -4.18. The van der Waals surface area contributed by atoms with Gasteiger partial charge in [0.25, 0.3) is 0 Å². The molecule has 0 saturated heterocycles. The summed E-state index contributed by atoms with van der Waals surface area (Å²) >= 11 is 0. The number of hydrogen-bond donors (Lipinski definition) is 5. The highest BCUT2D eigenvalue weighted by Crippen LogP contribution is 2.33. The van der Waals surface area contributed by atoms with Crippen LogP contribution in [-0.4, -0.2) is 47.4 Å². The molecule has 0 radical (unpaired) electrons. The normalized spacial score (nSPS) is 13.6. The third kappa shape index (κ3) is 4.12. The van der Waals surface area contributed by atoms with Crippen LogP contribution < -0.4 is 11.4 Å². The first kappa shape index (κ1) is 16.6. The summed E-state index contributed by atoms with van der Waals surface area (Å²) in [6.07, 6.45) is 0.199. The molecular formula is C10H16N5O6P. The fourth-order valence-electron chi connectivity index (χ4n) is 1.86. The van der Waals surface area contributed by atoms with Gasteiger partial charge in [-0.3, -0.25) is 14.1 Å². The fourth-order valence-corrected chi connectivity index (χ4v) is 2.23. The second-order valence-electron chi connectivity index (χ2n) is 4.60. The molecule has 0 amide bonds. The van der Waals surface area contributed by atoms with Gasteiger partial charge in [0.05, 0.1) is 6.33 Å². The summed E-state index contributed by atoms with van der Waals surface area (Å²) in [4.78, 5) is 38.5. The molecule has 0 aliphatic rings. The number of nitrogen functional groups attached to an aromatic ring is 1. The Balaban J connectivity index is 1.97. The van der Waals surface area contributed by atoms with E-state index in [0.717, 1.165) is 0 Å². The lowest BCUT2D eigenvalue weighted by molar-refractivity contribution is 0.0785. The van der Waals surface area contributed by atoms with Crippen LogP contribution in [0, 0.1) is 0 Å². The molecule has 0 aliphatic heterocycles. The van der Waals surface area contributed by atoms with E-state index in [-0.39, 0.29) is 30.0 Å². The van der Waals surface area contributed by atoms with Crippen LogP contribution in [0.25, 0.3) is 11.2 Å². The van der Waals surface area contributed by atoms with Gasteiger partial charge in [0.1, 0.15) is 23.9 Å². The van der Waals surface area contributed by atoms with Gasteiger partial charge in [0.15, 0.2) is 5.65 Å². The van der Waals surface area contributed by atoms with Crippen molar-refractivity contribution in [2.75, 3.05) is 18.7 Å². The number of nitrogens with zero attached hydrogens (tertiary/aromatic N) is 3. The lowest BCUT2D eigenvalue weighted by Crippen LogP contribution is -2.16. The summed E-state index contributed by atoms with van der Waals surface area (Å²) < 4.78 is 16.7. The van der Waals surface area contributed by atoms with E-state index in [1.165, 1.54) is 10.9 Å². The van der Waals surface area contributed by atoms with Gasteiger partial charge in [-0.25, -0.2) is 9.78 Å². The number of aliphatic hydroxyl groups excluding tert-OH is 1. The highest BCUT2D eigenvalue weighted by Gasteiger charge is 2.16. The number of aromatic amines is 1. The number of H-pyrrole nitrogens is 1. The highest BCUT2D eigenvalue weighted by atomic mass is 31.2. The van der Waals surface area contributed by atoms with Gasteiger partial charge in [-0.15, -0.1) is 0 Å². The SMILES string of the molecule is Nc1[nH]c(=O)nc2c1ncn2C(O)CCCOCP(=O)(O)O. The zero-order valence-electron chi connectivity index (χ0n) is 11.4. The molecule has 2 heterocycles. The van der Waals surface area contributed by atoms with Crippen molar-refractivity contribution in [1.29, 1.82) is 0 Å². The van der Waals surface area contributed by atoms with Gasteiger partial charge in [0, 0.05) is 6.61 Å². The average Bonchev–Trinajstić information content (AvgIpc) is 2.80. The molecule has 0 bridgehead atoms. The van der Waals surface area contributed by atoms with E-state index in [1.807, 2.05) is 0 Å². The molecule has 12 heteroatoms. The van der Waals surface area contributed by atoms with Crippen LogP contribution >= 0.6 is 7.60 Å². The number of ether oxygens (including phenoxy) is 1. The van der Waals surface area contributed by atoms with E-state index in [9.17, 15) is 14.5 Å². The Morgan fingerprint density at radius 2 is 2.23 bits per heavy atom. The zero-order valence-corrected chi connectivity index (χ0v) is 12.3. The molecule has 11 nitrogen and oxygen atoms in total. The Bertz CT molecular complexity index is 752. The van der Waals surface area contributed by atoms with Crippen LogP contribution in [0.5, 0.6) is 0 Å². The topological polar surface area (TPSA) is 177 Å². The molecule has 2 rings (SSSR count). The molecule has 6 N–H and O–H groups in total. The lowest BCUT2D eigenvalue weighted by atomic mass is 10.3. The fraction of sp³-hybridized carbons (Fsp3) is 0.500. The van der Waals surface area contributed by atoms with Gasteiger partial charge < -0.3 is 25.4 Å². The van der Waals surface area contributed by atoms with Gasteiger partial charge in [0.2, 0.25) is 0 Å². The molecular weight excluding hydrogens is 317 g/mol. The Hall–Kier alpha value is -1.78. The van der Waals surface area contributed by atoms with E-state index in [2.05, 4.69) is 15.0 Å². The number of rotatable bonds is 7. The Labute approximate surface area is 123 Å². The van der Waals surface area contributed by atoms with E-state index in [4.69, 9.17) is 20.3 Å². The summed E-state index contributed by atoms with van der Waals surface area (Å²) in [5.74, 6) is 0.0610. The smallest absolute Gasteiger partial charge is 0.350 e. The van der Waals surface area contributed by atoms with Crippen molar-refractivity contribution >= 4 is 24.6 Å². The predicted molar refractivity (Wildman–Crippen MR) is 75.9 cm³/mol. The highest BCUT2D eigenvalue weighted by molar-refractivity contribution is 7.51. The van der Waals surface area contributed by atoms with Crippen molar-refractivity contribution in [3.63, 3.8) is 0 Å². The number of imidazole rings is 1. The van der Waals surface area contributed by atoms with Crippen molar-refractivity contribution in [3.8, 4) is 0 Å². The van der Waals surface area contributed by atoms with Crippen molar-refractivity contribution < 1.29 is 24.2 Å². The van der Waals surface area contributed by atoms with Crippen molar-refractivity contribution in [2.24, 2.45) is 0 Å². The molecule has 2 aromatic rings. The Morgan fingerprint density at radius 1 is 1.50 bits per heavy atom. The number of hydrogen-bond acceptors (Lipinski definition) is 7. The van der Waals surface area contributed by atoms with E-state index in [1.54, 1.807) is 0 Å². The molecule has 1 atom stereocenters. The number of aliphatic hydroxyl groups is 1. The van der Waals surface area contributed by atoms with Crippen LogP contribution in [0.2, 0.25) is 0 Å². The number of nitrogens with one attached hydrogen (secondary N) is 1. The van der Waals surface area contributed by atoms with Crippen molar-refractivity contribution in [3.05, 3.63) is 16.8 Å². The zero-order chi connectivity index (χ0) is 16.3. The maximum Gasteiger partial charge on any atom is 0.350 e. The Kier molecular flexibility index (Phi) is 4.94. The van der Waals surface area contributed by atoms with Gasteiger partial charge in [-0.05, 0) is 12.8 Å². The molecule has 122 valence electrons. The summed E-state index contributed by atoms with van der Waals surface area (Å²) in [6.45, 7) is 0.0744. The molecule has 1 unspecified atom stereocenters. The van der Waals surface area contributed by atoms with Crippen LogP contribution in [0.4, 0.5) is 5.82 Å². The summed E-state index contributed by atoms with van der Waals surface area (Å²) in [5.41, 5.74) is 5.39. The second-order valence-corrected chi connectivity index (χ2v) is 6.19. The molecule has 0 aliphatic carbocycles. The van der Waals surface area contributed by atoms with Gasteiger partial charge in [-0.1, -0.05) is 0 Å². The third-order valence-electron chi connectivity index (χ3n) is 2.80. The third-order valence-corrected chi connectivity index (χ3v) is 3.32. The second kappa shape index (κ2) is 6.55. The van der Waals surface area contributed by atoms with Crippen LogP contribution in [0.1, 0.15) is 19.1 Å². The molecule has 0 fully saturated rings. The number of nitrogens with two attached hydrogens (primary N) is 1. The monoisotopic (exact) mass is 333 g/mol. The summed E-state index contributed by atoms with van der Waals surface area (Å²) in [5, 5.41) is 10.1. The summed E-state index contributed by atoms with van der Waals surface area (Å²) in [6, 6.07) is 0. The first-order valence-electron chi connectivity index (χ1n) is 6.30. The number of anilines is 1. The average molecular weight is 333 g/mol. The van der Waals surface area contributed by atoms with Gasteiger partial charge in [-0.2, -0.15) is 4.98 Å². The Morgan fingerprint density at radius 3 is 2.91 bits per heavy atom. The van der Waals surface area contributed by atoms with Crippen molar-refractivity contribution in [2.45, 2.75) is 19.1 Å². The first-order valence-corrected chi connectivity index (χ1v) is 8.10. The molecule has 2 aromatic heterocycles. The first-order chi connectivity index (χ1) is 10.3. The number of fused-ring (bicyclic) bond motifs is 1. The van der Waals surface area contributed by atoms with E-state index < -0.39 is 25.9 Å². The maximum atomic E-state index is 11.3. The van der Waals surface area contributed by atoms with Gasteiger partial charge >= 0.3 is 13.3 Å². The van der Waals surface area contributed by atoms with Crippen LogP contribution in [0.15, 0.2) is 11.1 Å². The van der Waals surface area contributed by atoms with Crippen LogP contribution in [-0.2, 0) is 9.30 Å². The molecule has 22 heavy (non-hydrogen) atoms. The minimum absolute atomic E-state index is 0.0610. The molecule has 0 aromatic carbocycles. The quantitative estimate of drug-likeness (QED) is 0.318. The van der Waals surface area contributed by atoms with E-state index in [0.29, 0.717) is 6.42 Å². The van der Waals surface area contributed by atoms with Crippen LogP contribution in [0.3, 0.4) is 0 Å². The largest absolute Gasteiger partial charge is 0.383 e. The number of aromatic nitrogens is 4. The van der Waals surface area contributed by atoms with Crippen molar-refractivity contribution in [1.82, 2.24) is 19.5 Å². The minimum atomic E-state index is -4.18. The minimum Gasteiger partial charge on any atom is -0.383 e. The molecule has 0 spiro atoms. The standard InChI is InChI=1S/C10H16N5O6P/c11-8-7-9(14-10(17)13-8)15(4-12-7)6(16)2-1-3-21-5-22(18,19)20/h4,6,16H,1-3,5H2,(H2,18,19,20)(H3,11,13,14,17). The lowest BCUT2D eigenvalue weighted by Gasteiger charge is -2.12. The molecule has 0 saturated carbocycles. The predicted octanol–water partition coefficient (Wildman–Crippen LogP) is -0.875. The van der Waals surface area contributed by atoms with E-state index >= 15 is 0 Å².